The summed E-state index contributed by atoms with van der Waals surface area (Å²) in [6.07, 6.45) is 7.12. The molecule has 1 saturated carbocycles. The van der Waals surface area contributed by atoms with Crippen LogP contribution in [0.2, 0.25) is 0 Å². The molecule has 5 heteroatoms. The van der Waals surface area contributed by atoms with Crippen LogP contribution in [0.4, 0.5) is 0 Å². The lowest BCUT2D eigenvalue weighted by molar-refractivity contribution is -0.122. The Morgan fingerprint density at radius 1 is 1.67 bits per heavy atom. The minimum atomic E-state index is -0.613. The van der Waals surface area contributed by atoms with Crippen LogP contribution in [0.5, 0.6) is 0 Å². The van der Waals surface area contributed by atoms with Crippen LogP contribution in [0.1, 0.15) is 37.8 Å². The quantitative estimate of drug-likeness (QED) is 0.836. The van der Waals surface area contributed by atoms with Crippen molar-refractivity contribution in [2.24, 2.45) is 24.6 Å². The third-order valence-corrected chi connectivity index (χ3v) is 3.73. The lowest BCUT2D eigenvalue weighted by Gasteiger charge is -2.14. The van der Waals surface area contributed by atoms with Crippen molar-refractivity contribution in [1.82, 2.24) is 15.1 Å². The van der Waals surface area contributed by atoms with Crippen molar-refractivity contribution in [2.75, 3.05) is 6.54 Å². The van der Waals surface area contributed by atoms with E-state index in [9.17, 15) is 4.79 Å². The van der Waals surface area contributed by atoms with Crippen molar-refractivity contribution in [2.45, 2.75) is 32.2 Å². The Hall–Kier alpha value is -1.36. The molecule has 1 aliphatic carbocycles. The molecule has 0 bridgehead atoms. The topological polar surface area (TPSA) is 72.9 Å². The van der Waals surface area contributed by atoms with Gasteiger partial charge in [-0.3, -0.25) is 9.48 Å². The molecule has 1 heterocycles. The Morgan fingerprint density at radius 3 is 3.00 bits per heavy atom. The van der Waals surface area contributed by atoms with Gasteiger partial charge in [0.2, 0.25) is 5.91 Å². The zero-order valence-electron chi connectivity index (χ0n) is 11.1. The smallest absolute Gasteiger partial charge is 0.241 e. The number of nitrogens with two attached hydrogens (primary N) is 1. The number of aryl methyl sites for hydroxylation is 1. The van der Waals surface area contributed by atoms with E-state index in [4.69, 9.17) is 5.73 Å². The summed E-state index contributed by atoms with van der Waals surface area (Å²) in [6, 6.07) is -0.613. The molecular weight excluding hydrogens is 228 g/mol. The number of hydrogen-bond donors (Lipinski definition) is 2. The molecule has 3 N–H and O–H groups in total. The van der Waals surface area contributed by atoms with Gasteiger partial charge in [-0.25, -0.2) is 0 Å². The van der Waals surface area contributed by atoms with E-state index in [2.05, 4.69) is 17.3 Å². The summed E-state index contributed by atoms with van der Waals surface area (Å²) >= 11 is 0. The summed E-state index contributed by atoms with van der Waals surface area (Å²) in [4.78, 5) is 11.9. The Balaban J connectivity index is 1.81. The molecule has 0 saturated heterocycles. The van der Waals surface area contributed by atoms with Crippen LogP contribution in [0, 0.1) is 11.8 Å². The first-order valence-corrected chi connectivity index (χ1v) is 6.58. The summed E-state index contributed by atoms with van der Waals surface area (Å²) in [6.45, 7) is 3.01. The Kier molecular flexibility index (Phi) is 4.01. The minimum absolute atomic E-state index is 0.109. The van der Waals surface area contributed by atoms with Crippen molar-refractivity contribution >= 4 is 5.91 Å². The lowest BCUT2D eigenvalue weighted by atomic mass is 10.1. The van der Waals surface area contributed by atoms with Crippen LogP contribution in [0.25, 0.3) is 0 Å². The predicted octanol–water partition coefficient (Wildman–Crippen LogP) is 0.972. The van der Waals surface area contributed by atoms with Gasteiger partial charge in [-0.15, -0.1) is 0 Å². The molecule has 1 aromatic rings. The van der Waals surface area contributed by atoms with Gasteiger partial charge in [-0.1, -0.05) is 13.3 Å². The predicted molar refractivity (Wildman–Crippen MR) is 69.7 cm³/mol. The largest absolute Gasteiger partial charge is 0.354 e. The van der Waals surface area contributed by atoms with E-state index in [1.807, 2.05) is 7.05 Å². The van der Waals surface area contributed by atoms with E-state index in [-0.39, 0.29) is 5.91 Å². The highest BCUT2D eigenvalue weighted by atomic mass is 16.2. The van der Waals surface area contributed by atoms with Crippen LogP contribution in [-0.4, -0.2) is 22.2 Å². The molecule has 1 aliphatic rings. The molecule has 0 spiro atoms. The van der Waals surface area contributed by atoms with E-state index in [0.29, 0.717) is 5.92 Å². The highest BCUT2D eigenvalue weighted by molar-refractivity contribution is 5.82. The van der Waals surface area contributed by atoms with Crippen LogP contribution in [0.15, 0.2) is 12.4 Å². The number of amides is 1. The fourth-order valence-corrected chi connectivity index (χ4v) is 2.62. The van der Waals surface area contributed by atoms with E-state index in [1.165, 1.54) is 19.3 Å². The molecule has 100 valence electrons. The van der Waals surface area contributed by atoms with Crippen LogP contribution in [-0.2, 0) is 11.8 Å². The SMILES string of the molecule is CC1CCC(CNC(=O)C(N)c2cnn(C)c2)C1. The molecule has 2 rings (SSSR count). The molecule has 0 aromatic carbocycles. The fraction of sp³-hybridized carbons (Fsp3) is 0.692. The van der Waals surface area contributed by atoms with Crippen molar-refractivity contribution in [1.29, 1.82) is 0 Å². The minimum Gasteiger partial charge on any atom is -0.354 e. The van der Waals surface area contributed by atoms with Crippen molar-refractivity contribution in [3.05, 3.63) is 18.0 Å². The van der Waals surface area contributed by atoms with Crippen molar-refractivity contribution in [3.63, 3.8) is 0 Å². The van der Waals surface area contributed by atoms with Gasteiger partial charge in [0.05, 0.1) is 6.20 Å². The van der Waals surface area contributed by atoms with Crippen LogP contribution in [0.3, 0.4) is 0 Å². The van der Waals surface area contributed by atoms with E-state index in [1.54, 1.807) is 17.1 Å². The molecule has 18 heavy (non-hydrogen) atoms. The zero-order chi connectivity index (χ0) is 13.1. The number of hydrogen-bond acceptors (Lipinski definition) is 3. The molecule has 0 radical (unpaired) electrons. The standard InChI is InChI=1S/C13H22N4O/c1-9-3-4-10(5-9)6-15-13(18)12(14)11-7-16-17(2)8-11/h7-10,12H,3-6,14H2,1-2H3,(H,15,18). The highest BCUT2D eigenvalue weighted by Gasteiger charge is 2.23. The van der Waals surface area contributed by atoms with Crippen LogP contribution < -0.4 is 11.1 Å². The third-order valence-electron chi connectivity index (χ3n) is 3.73. The summed E-state index contributed by atoms with van der Waals surface area (Å²) < 4.78 is 1.65. The Morgan fingerprint density at radius 2 is 2.44 bits per heavy atom. The average Bonchev–Trinajstić information content (AvgIpc) is 2.94. The Labute approximate surface area is 108 Å². The second kappa shape index (κ2) is 5.52. The summed E-state index contributed by atoms with van der Waals surface area (Å²) in [5.74, 6) is 1.30. The average molecular weight is 250 g/mol. The van der Waals surface area contributed by atoms with Gasteiger partial charge in [0.15, 0.2) is 0 Å². The summed E-state index contributed by atoms with van der Waals surface area (Å²) in [5, 5.41) is 6.98. The van der Waals surface area contributed by atoms with Gasteiger partial charge in [-0.2, -0.15) is 5.10 Å². The van der Waals surface area contributed by atoms with Gasteiger partial charge in [0.25, 0.3) is 0 Å². The number of nitrogens with one attached hydrogen (secondary N) is 1. The second-order valence-electron chi connectivity index (χ2n) is 5.45. The van der Waals surface area contributed by atoms with Crippen molar-refractivity contribution in [3.8, 4) is 0 Å². The summed E-state index contributed by atoms with van der Waals surface area (Å²) in [7, 11) is 1.81. The molecule has 1 amide bonds. The highest BCUT2D eigenvalue weighted by Crippen LogP contribution is 2.29. The lowest BCUT2D eigenvalue weighted by Crippen LogP contribution is -2.36. The van der Waals surface area contributed by atoms with Gasteiger partial charge in [-0.05, 0) is 24.7 Å². The summed E-state index contributed by atoms with van der Waals surface area (Å²) in [5.41, 5.74) is 6.66. The number of carbonyl (C=O) groups is 1. The number of carbonyl (C=O) groups excluding carboxylic acids is 1. The van der Waals surface area contributed by atoms with Gasteiger partial charge >= 0.3 is 0 Å². The maximum Gasteiger partial charge on any atom is 0.241 e. The van der Waals surface area contributed by atoms with E-state index < -0.39 is 6.04 Å². The first kappa shape index (κ1) is 13.1. The monoisotopic (exact) mass is 250 g/mol. The van der Waals surface area contributed by atoms with Gasteiger partial charge in [0, 0.05) is 25.4 Å². The maximum atomic E-state index is 11.9. The van der Waals surface area contributed by atoms with E-state index >= 15 is 0 Å². The third kappa shape index (κ3) is 3.10. The number of aromatic nitrogens is 2. The van der Waals surface area contributed by atoms with E-state index in [0.717, 1.165) is 18.0 Å². The molecule has 0 aliphatic heterocycles. The molecule has 3 atom stereocenters. The first-order chi connectivity index (χ1) is 8.56. The zero-order valence-corrected chi connectivity index (χ0v) is 11.1. The fourth-order valence-electron chi connectivity index (χ4n) is 2.62. The van der Waals surface area contributed by atoms with Crippen molar-refractivity contribution < 1.29 is 4.79 Å². The van der Waals surface area contributed by atoms with Crippen LogP contribution >= 0.6 is 0 Å². The van der Waals surface area contributed by atoms with Gasteiger partial charge in [0.1, 0.15) is 6.04 Å². The second-order valence-corrected chi connectivity index (χ2v) is 5.45. The number of nitrogens with zero attached hydrogens (tertiary/aromatic N) is 2. The first-order valence-electron chi connectivity index (χ1n) is 6.58. The molecular formula is C13H22N4O. The molecule has 3 unspecified atom stereocenters. The normalized spacial score (nSPS) is 25.1. The maximum absolute atomic E-state index is 11.9. The number of rotatable bonds is 4. The molecule has 1 aromatic heterocycles. The van der Waals surface area contributed by atoms with Gasteiger partial charge < -0.3 is 11.1 Å². The molecule has 5 nitrogen and oxygen atoms in total. The Bertz CT molecular complexity index is 415. The molecule has 1 fully saturated rings.